The average molecular weight is 454 g/mol. The predicted octanol–water partition coefficient (Wildman–Crippen LogP) is 3.98. The molecule has 0 bridgehead atoms. The van der Waals surface area contributed by atoms with Gasteiger partial charge in [0.25, 0.3) is 11.8 Å². The van der Waals surface area contributed by atoms with Gasteiger partial charge in [0, 0.05) is 18.7 Å². The molecule has 1 aliphatic heterocycles. The molecule has 0 unspecified atom stereocenters. The standard InChI is InChI=1S/C23H23N3O5S/c27-22(24-12-15-7-8-19-20(10-15)30-14-29-19)18-11-17(31-25-18)13-26(16-4-1-2-5-16)23(28)21-6-3-9-32-21/h3,6-11,16H,1-2,4-5,12-14H2,(H,24,27). The lowest BCUT2D eigenvalue weighted by molar-refractivity contribution is 0.0648. The summed E-state index contributed by atoms with van der Waals surface area (Å²) in [7, 11) is 0. The number of carbonyl (C=O) groups excluding carboxylic acids is 2. The summed E-state index contributed by atoms with van der Waals surface area (Å²) in [4.78, 5) is 28.2. The van der Waals surface area contributed by atoms with E-state index in [-0.39, 0.29) is 30.3 Å². The highest BCUT2D eigenvalue weighted by molar-refractivity contribution is 7.12. The van der Waals surface area contributed by atoms with Crippen molar-refractivity contribution in [3.8, 4) is 11.5 Å². The normalized spacial score (nSPS) is 15.1. The predicted molar refractivity (Wildman–Crippen MR) is 117 cm³/mol. The lowest BCUT2D eigenvalue weighted by Crippen LogP contribution is -2.37. The first kappa shape index (κ1) is 20.6. The van der Waals surface area contributed by atoms with Gasteiger partial charge in [-0.3, -0.25) is 9.59 Å². The Hall–Kier alpha value is -3.33. The molecular formula is C23H23N3O5S. The van der Waals surface area contributed by atoms with Crippen LogP contribution in [-0.4, -0.2) is 34.7 Å². The summed E-state index contributed by atoms with van der Waals surface area (Å²) >= 11 is 1.43. The Morgan fingerprint density at radius 3 is 2.78 bits per heavy atom. The van der Waals surface area contributed by atoms with Gasteiger partial charge in [-0.1, -0.05) is 30.1 Å². The van der Waals surface area contributed by atoms with Crippen LogP contribution >= 0.6 is 11.3 Å². The van der Waals surface area contributed by atoms with Crippen LogP contribution < -0.4 is 14.8 Å². The molecule has 3 aromatic rings. The third-order valence-electron chi connectivity index (χ3n) is 5.77. The van der Waals surface area contributed by atoms with Gasteiger partial charge in [0.15, 0.2) is 23.0 Å². The van der Waals surface area contributed by atoms with E-state index in [9.17, 15) is 9.59 Å². The van der Waals surface area contributed by atoms with E-state index in [2.05, 4.69) is 10.5 Å². The Morgan fingerprint density at radius 1 is 1.12 bits per heavy atom. The number of ether oxygens (including phenoxy) is 2. The zero-order valence-electron chi connectivity index (χ0n) is 17.4. The largest absolute Gasteiger partial charge is 0.454 e. The lowest BCUT2D eigenvalue weighted by atomic mass is 10.2. The quantitative estimate of drug-likeness (QED) is 0.582. The lowest BCUT2D eigenvalue weighted by Gasteiger charge is -2.27. The van der Waals surface area contributed by atoms with Gasteiger partial charge in [0.05, 0.1) is 11.4 Å². The summed E-state index contributed by atoms with van der Waals surface area (Å²) < 4.78 is 16.1. The van der Waals surface area contributed by atoms with Crippen molar-refractivity contribution < 1.29 is 23.6 Å². The molecule has 32 heavy (non-hydrogen) atoms. The summed E-state index contributed by atoms with van der Waals surface area (Å²) in [6.07, 6.45) is 4.19. The van der Waals surface area contributed by atoms with Gasteiger partial charge in [0.1, 0.15) is 0 Å². The fourth-order valence-corrected chi connectivity index (χ4v) is 4.79. The molecule has 3 heterocycles. The van der Waals surface area contributed by atoms with Crippen molar-refractivity contribution in [3.63, 3.8) is 0 Å². The van der Waals surface area contributed by atoms with Crippen LogP contribution in [0.1, 0.15) is 57.2 Å². The second-order valence-corrected chi connectivity index (χ2v) is 8.85. The monoisotopic (exact) mass is 453 g/mol. The molecule has 1 N–H and O–H groups in total. The average Bonchev–Trinajstić information content (AvgIpc) is 3.62. The van der Waals surface area contributed by atoms with Crippen LogP contribution in [0.2, 0.25) is 0 Å². The van der Waals surface area contributed by atoms with Crippen molar-refractivity contribution in [1.29, 1.82) is 0 Å². The van der Waals surface area contributed by atoms with Crippen LogP contribution in [0.3, 0.4) is 0 Å². The minimum atomic E-state index is -0.338. The summed E-state index contributed by atoms with van der Waals surface area (Å²) in [5.74, 6) is 1.52. The molecule has 8 nitrogen and oxygen atoms in total. The van der Waals surface area contributed by atoms with Crippen LogP contribution in [0.5, 0.6) is 11.5 Å². The summed E-state index contributed by atoms with van der Waals surface area (Å²) in [5.41, 5.74) is 1.08. The number of fused-ring (bicyclic) bond motifs is 1. The molecule has 2 amide bonds. The van der Waals surface area contributed by atoms with Gasteiger partial charge >= 0.3 is 0 Å². The Kier molecular flexibility index (Phi) is 5.81. The maximum absolute atomic E-state index is 13.1. The maximum Gasteiger partial charge on any atom is 0.273 e. The molecule has 1 saturated carbocycles. The molecule has 9 heteroatoms. The molecule has 2 aliphatic rings. The highest BCUT2D eigenvalue weighted by Gasteiger charge is 2.29. The second-order valence-electron chi connectivity index (χ2n) is 7.90. The summed E-state index contributed by atoms with van der Waals surface area (Å²) in [6.45, 7) is 0.826. The second kappa shape index (κ2) is 9.04. The van der Waals surface area contributed by atoms with Gasteiger partial charge in [-0.15, -0.1) is 11.3 Å². The third-order valence-corrected chi connectivity index (χ3v) is 6.62. The zero-order chi connectivity index (χ0) is 21.9. The molecule has 1 aromatic carbocycles. The molecule has 166 valence electrons. The van der Waals surface area contributed by atoms with Crippen molar-refractivity contribution in [2.24, 2.45) is 0 Å². The first-order valence-corrected chi connectivity index (χ1v) is 11.5. The van der Waals surface area contributed by atoms with Crippen LogP contribution in [0.25, 0.3) is 0 Å². The molecule has 2 aromatic heterocycles. The van der Waals surface area contributed by atoms with Gasteiger partial charge in [-0.25, -0.2) is 0 Å². The number of aromatic nitrogens is 1. The molecule has 0 radical (unpaired) electrons. The minimum absolute atomic E-state index is 0.00268. The number of nitrogens with zero attached hydrogens (tertiary/aromatic N) is 2. The SMILES string of the molecule is O=C(NCc1ccc2c(c1)OCO2)c1cc(CN(C(=O)c2cccs2)C2CCCC2)on1. The Balaban J connectivity index is 1.23. The van der Waals surface area contributed by atoms with E-state index < -0.39 is 0 Å². The number of hydrogen-bond donors (Lipinski definition) is 1. The Labute approximate surface area is 189 Å². The molecule has 0 spiro atoms. The van der Waals surface area contributed by atoms with Crippen molar-refractivity contribution in [1.82, 2.24) is 15.4 Å². The highest BCUT2D eigenvalue weighted by Crippen LogP contribution is 2.32. The van der Waals surface area contributed by atoms with Gasteiger partial charge in [-0.2, -0.15) is 0 Å². The van der Waals surface area contributed by atoms with Crippen LogP contribution in [0.4, 0.5) is 0 Å². The third kappa shape index (κ3) is 4.34. The smallest absolute Gasteiger partial charge is 0.273 e. The minimum Gasteiger partial charge on any atom is -0.454 e. The molecule has 0 saturated heterocycles. The number of nitrogens with one attached hydrogen (secondary N) is 1. The first-order chi connectivity index (χ1) is 15.7. The summed E-state index contributed by atoms with van der Waals surface area (Å²) in [6, 6.07) is 11.0. The van der Waals surface area contributed by atoms with E-state index in [4.69, 9.17) is 14.0 Å². The zero-order valence-corrected chi connectivity index (χ0v) is 18.2. The molecule has 1 aliphatic carbocycles. The fourth-order valence-electron chi connectivity index (χ4n) is 4.11. The number of benzene rings is 1. The number of carbonyl (C=O) groups is 2. The molecular weight excluding hydrogens is 430 g/mol. The van der Waals surface area contributed by atoms with Crippen LogP contribution in [0, 0.1) is 0 Å². The van der Waals surface area contributed by atoms with E-state index in [1.54, 1.807) is 6.07 Å². The van der Waals surface area contributed by atoms with Crippen LogP contribution in [-0.2, 0) is 13.1 Å². The van der Waals surface area contributed by atoms with E-state index in [1.165, 1.54) is 11.3 Å². The van der Waals surface area contributed by atoms with Gasteiger partial charge in [-0.05, 0) is 42.0 Å². The Bertz CT molecular complexity index is 1100. The van der Waals surface area contributed by atoms with Gasteiger partial charge in [0.2, 0.25) is 6.79 Å². The topological polar surface area (TPSA) is 93.9 Å². The van der Waals surface area contributed by atoms with E-state index >= 15 is 0 Å². The van der Waals surface area contributed by atoms with E-state index in [0.717, 1.165) is 31.2 Å². The molecule has 5 rings (SSSR count). The van der Waals surface area contributed by atoms with Crippen molar-refractivity contribution in [2.45, 2.75) is 44.8 Å². The van der Waals surface area contributed by atoms with Crippen molar-refractivity contribution in [3.05, 3.63) is 63.7 Å². The number of rotatable bonds is 7. The molecule has 0 atom stereocenters. The van der Waals surface area contributed by atoms with E-state index in [1.807, 2.05) is 40.6 Å². The van der Waals surface area contributed by atoms with E-state index in [0.29, 0.717) is 35.2 Å². The Morgan fingerprint density at radius 2 is 1.97 bits per heavy atom. The van der Waals surface area contributed by atoms with Crippen molar-refractivity contribution >= 4 is 23.2 Å². The highest BCUT2D eigenvalue weighted by atomic mass is 32.1. The number of amides is 2. The first-order valence-electron chi connectivity index (χ1n) is 10.6. The number of thiophene rings is 1. The van der Waals surface area contributed by atoms with Crippen LogP contribution in [0.15, 0.2) is 46.3 Å². The van der Waals surface area contributed by atoms with Gasteiger partial charge < -0.3 is 24.2 Å². The van der Waals surface area contributed by atoms with Crippen molar-refractivity contribution in [2.75, 3.05) is 6.79 Å². The summed E-state index contributed by atoms with van der Waals surface area (Å²) in [5, 5.41) is 8.66. The maximum atomic E-state index is 13.1. The molecule has 1 fully saturated rings. The number of hydrogen-bond acceptors (Lipinski definition) is 7. The fraction of sp³-hybridized carbons (Fsp3) is 0.348.